The summed E-state index contributed by atoms with van der Waals surface area (Å²) in [6.07, 6.45) is 2.63. The number of alkyl halides is 1. The van der Waals surface area contributed by atoms with Crippen molar-refractivity contribution in [3.05, 3.63) is 22.9 Å². The predicted molar refractivity (Wildman–Crippen MR) is 42.4 cm³/mol. The van der Waals surface area contributed by atoms with Crippen LogP contribution in [0.15, 0.2) is 22.9 Å². The zero-order chi connectivity index (χ0) is 8.43. The highest BCUT2D eigenvalue weighted by Gasteiger charge is 2.15. The Labute approximate surface area is 73.3 Å². The van der Waals surface area contributed by atoms with Crippen LogP contribution in [0.5, 0.6) is 0 Å². The summed E-state index contributed by atoms with van der Waals surface area (Å²) in [6, 6.07) is 0. The molecule has 1 atom stereocenters. The summed E-state index contributed by atoms with van der Waals surface area (Å²) in [5.74, 6) is -1.03. The number of dihydropyridines is 1. The molecule has 0 spiro atoms. The molecule has 11 heavy (non-hydrogen) atoms. The van der Waals surface area contributed by atoms with Gasteiger partial charge >= 0.3 is 5.97 Å². The van der Waals surface area contributed by atoms with E-state index < -0.39 is 11.5 Å². The van der Waals surface area contributed by atoms with E-state index in [9.17, 15) is 4.79 Å². The maximum Gasteiger partial charge on any atom is 0.337 e. The molecule has 0 aromatic heterocycles. The van der Waals surface area contributed by atoms with E-state index in [1.807, 2.05) is 0 Å². The van der Waals surface area contributed by atoms with E-state index in [1.54, 1.807) is 0 Å². The van der Waals surface area contributed by atoms with Gasteiger partial charge in [0.15, 0.2) is 0 Å². The topological polar surface area (TPSA) is 49.3 Å². The van der Waals surface area contributed by atoms with E-state index in [1.165, 1.54) is 12.3 Å². The Hall–Kier alpha value is -0.670. The summed E-state index contributed by atoms with van der Waals surface area (Å²) in [5, 5.41) is 11.4. The van der Waals surface area contributed by atoms with E-state index in [0.717, 1.165) is 0 Å². The van der Waals surface area contributed by atoms with Crippen LogP contribution in [0, 0.1) is 0 Å². The molecule has 0 aromatic carbocycles. The van der Waals surface area contributed by atoms with E-state index in [-0.39, 0.29) is 10.6 Å². The molecule has 0 saturated carbocycles. The van der Waals surface area contributed by atoms with Crippen molar-refractivity contribution in [2.75, 3.05) is 0 Å². The summed E-state index contributed by atoms with van der Waals surface area (Å²) in [5.41, 5.74) is -0.410. The van der Waals surface area contributed by atoms with Gasteiger partial charge in [0.2, 0.25) is 0 Å². The van der Waals surface area contributed by atoms with Crippen molar-refractivity contribution >= 4 is 29.2 Å². The molecule has 3 nitrogen and oxygen atoms in total. The van der Waals surface area contributed by atoms with Crippen molar-refractivity contribution in [2.24, 2.45) is 0 Å². The summed E-state index contributed by atoms with van der Waals surface area (Å²) in [4.78, 5) is 10.4. The van der Waals surface area contributed by atoms with Crippen LogP contribution in [0.25, 0.3) is 0 Å². The molecule has 1 unspecified atom stereocenters. The fourth-order valence-electron chi connectivity index (χ4n) is 0.629. The standard InChI is InChI=1S/C6H5Cl2NO2/c7-4-1-3(6(10)11)2-9-5(4)8/h1-2,5,9H,(H,10,11). The number of nitrogens with one attached hydrogen (secondary N) is 1. The zero-order valence-electron chi connectivity index (χ0n) is 5.34. The van der Waals surface area contributed by atoms with Gasteiger partial charge in [-0.2, -0.15) is 0 Å². The molecule has 0 bridgehead atoms. The molecule has 5 heteroatoms. The third kappa shape index (κ3) is 1.88. The van der Waals surface area contributed by atoms with Crippen molar-refractivity contribution in [3.8, 4) is 0 Å². The van der Waals surface area contributed by atoms with Crippen molar-refractivity contribution in [2.45, 2.75) is 5.50 Å². The van der Waals surface area contributed by atoms with E-state index in [0.29, 0.717) is 0 Å². The number of aliphatic carboxylic acids is 1. The summed E-state index contributed by atoms with van der Waals surface area (Å²) in [7, 11) is 0. The SMILES string of the molecule is O=C(O)C1=CNC(Cl)C(Cl)=C1. The van der Waals surface area contributed by atoms with Crippen LogP contribution in [0.1, 0.15) is 0 Å². The number of hydrogen-bond donors (Lipinski definition) is 2. The maximum absolute atomic E-state index is 10.4. The highest BCUT2D eigenvalue weighted by atomic mass is 35.5. The molecule has 2 N–H and O–H groups in total. The number of halogens is 2. The Morgan fingerprint density at radius 2 is 2.36 bits per heavy atom. The largest absolute Gasteiger partial charge is 0.478 e. The molecule has 0 aliphatic carbocycles. The van der Waals surface area contributed by atoms with Gasteiger partial charge in [-0.15, -0.1) is 0 Å². The second kappa shape index (κ2) is 3.15. The molecular formula is C6H5Cl2NO2. The van der Waals surface area contributed by atoms with Crippen LogP contribution in [0.4, 0.5) is 0 Å². The molecule has 1 aliphatic rings. The molecule has 1 heterocycles. The number of carboxylic acid groups (broad SMARTS) is 1. The molecule has 0 saturated heterocycles. The van der Waals surface area contributed by atoms with Gasteiger partial charge in [0.25, 0.3) is 0 Å². The summed E-state index contributed by atoms with van der Waals surface area (Å²) in [6.45, 7) is 0. The number of hydrogen-bond acceptors (Lipinski definition) is 2. The highest BCUT2D eigenvalue weighted by molar-refractivity contribution is 6.37. The van der Waals surface area contributed by atoms with Crippen LogP contribution in [0.2, 0.25) is 0 Å². The van der Waals surface area contributed by atoms with Gasteiger partial charge in [-0.25, -0.2) is 4.79 Å². The van der Waals surface area contributed by atoms with Crippen LogP contribution in [0.3, 0.4) is 0 Å². The Morgan fingerprint density at radius 1 is 1.73 bits per heavy atom. The van der Waals surface area contributed by atoms with Crippen molar-refractivity contribution in [1.82, 2.24) is 5.32 Å². The number of carbonyl (C=O) groups is 1. The normalized spacial score (nSPS) is 23.3. The number of rotatable bonds is 1. The van der Waals surface area contributed by atoms with Gasteiger partial charge in [-0.1, -0.05) is 23.2 Å². The minimum atomic E-state index is -1.03. The minimum Gasteiger partial charge on any atom is -0.478 e. The second-order valence-corrected chi connectivity index (χ2v) is 2.84. The Kier molecular flexibility index (Phi) is 2.42. The van der Waals surface area contributed by atoms with Gasteiger partial charge < -0.3 is 10.4 Å². The zero-order valence-corrected chi connectivity index (χ0v) is 6.86. The average Bonchev–Trinajstić information content (AvgIpc) is 1.94. The van der Waals surface area contributed by atoms with Crippen molar-refractivity contribution < 1.29 is 9.90 Å². The lowest BCUT2D eigenvalue weighted by Gasteiger charge is -2.13. The third-order valence-electron chi connectivity index (χ3n) is 1.17. The molecule has 0 fully saturated rings. The lowest BCUT2D eigenvalue weighted by atomic mass is 10.2. The van der Waals surface area contributed by atoms with Crippen LogP contribution in [-0.4, -0.2) is 16.6 Å². The lowest BCUT2D eigenvalue weighted by molar-refractivity contribution is -0.132. The van der Waals surface area contributed by atoms with Crippen LogP contribution < -0.4 is 5.32 Å². The first-order valence-electron chi connectivity index (χ1n) is 2.82. The summed E-state index contributed by atoms with van der Waals surface area (Å²) >= 11 is 11.2. The van der Waals surface area contributed by atoms with Crippen molar-refractivity contribution in [3.63, 3.8) is 0 Å². The number of carboxylic acids is 1. The molecule has 60 valence electrons. The van der Waals surface area contributed by atoms with Gasteiger partial charge in [0.05, 0.1) is 10.6 Å². The smallest absolute Gasteiger partial charge is 0.337 e. The monoisotopic (exact) mass is 193 g/mol. The van der Waals surface area contributed by atoms with Crippen LogP contribution >= 0.6 is 23.2 Å². The Morgan fingerprint density at radius 3 is 2.82 bits per heavy atom. The first-order valence-corrected chi connectivity index (χ1v) is 3.63. The Bertz CT molecular complexity index is 247. The van der Waals surface area contributed by atoms with E-state index in [2.05, 4.69) is 5.32 Å². The second-order valence-electron chi connectivity index (χ2n) is 1.96. The molecule has 1 rings (SSSR count). The van der Waals surface area contributed by atoms with Gasteiger partial charge in [-0.3, -0.25) is 0 Å². The van der Waals surface area contributed by atoms with Gasteiger partial charge in [-0.05, 0) is 6.08 Å². The van der Waals surface area contributed by atoms with Gasteiger partial charge in [0, 0.05) is 6.20 Å². The minimum absolute atomic E-state index is 0.104. The molecule has 0 radical (unpaired) electrons. The quantitative estimate of drug-likeness (QED) is 0.487. The predicted octanol–water partition coefficient (Wildman–Crippen LogP) is 1.25. The summed E-state index contributed by atoms with van der Waals surface area (Å²) < 4.78 is 0. The molecule has 1 aliphatic heterocycles. The first-order chi connectivity index (χ1) is 5.11. The first kappa shape index (κ1) is 8.43. The van der Waals surface area contributed by atoms with E-state index >= 15 is 0 Å². The highest BCUT2D eigenvalue weighted by Crippen LogP contribution is 2.18. The van der Waals surface area contributed by atoms with E-state index in [4.69, 9.17) is 28.3 Å². The Balaban J connectivity index is 2.83. The average molecular weight is 194 g/mol. The lowest BCUT2D eigenvalue weighted by Crippen LogP contribution is -2.23. The molecule has 0 amide bonds. The molecular weight excluding hydrogens is 189 g/mol. The van der Waals surface area contributed by atoms with Crippen molar-refractivity contribution in [1.29, 1.82) is 0 Å². The third-order valence-corrected chi connectivity index (χ3v) is 1.97. The molecule has 0 aromatic rings. The van der Waals surface area contributed by atoms with Crippen LogP contribution in [-0.2, 0) is 4.79 Å². The fourth-order valence-corrected chi connectivity index (χ4v) is 0.936. The maximum atomic E-state index is 10.4. The van der Waals surface area contributed by atoms with Gasteiger partial charge in [0.1, 0.15) is 5.50 Å². The fraction of sp³-hybridized carbons (Fsp3) is 0.167.